The zero-order valence-electron chi connectivity index (χ0n) is 12.5. The molecular formula is C16H19F3N2. The molecule has 0 heterocycles. The number of nitrogen functional groups attached to an aromatic ring is 1. The first-order valence-electron chi connectivity index (χ1n) is 6.67. The number of anilines is 3. The highest BCUT2D eigenvalue weighted by atomic mass is 19.2. The third-order valence-electron chi connectivity index (χ3n) is 2.85. The van der Waals surface area contributed by atoms with Crippen LogP contribution in [0.4, 0.5) is 30.2 Å². The van der Waals surface area contributed by atoms with Crippen molar-refractivity contribution < 1.29 is 13.2 Å². The zero-order valence-corrected chi connectivity index (χ0v) is 12.5. The molecule has 0 radical (unpaired) electrons. The molecule has 0 fully saturated rings. The van der Waals surface area contributed by atoms with E-state index in [1.807, 2.05) is 13.8 Å². The number of halogens is 3. The molecule has 2 aromatic rings. The summed E-state index contributed by atoms with van der Waals surface area (Å²) in [6.07, 6.45) is 0. The van der Waals surface area contributed by atoms with Gasteiger partial charge in [-0.25, -0.2) is 13.2 Å². The van der Waals surface area contributed by atoms with Gasteiger partial charge in [0, 0.05) is 0 Å². The van der Waals surface area contributed by atoms with E-state index in [1.54, 1.807) is 19.9 Å². The zero-order chi connectivity index (χ0) is 16.2. The molecule has 0 aliphatic rings. The molecule has 2 nitrogen and oxygen atoms in total. The van der Waals surface area contributed by atoms with E-state index in [0.29, 0.717) is 5.56 Å². The van der Waals surface area contributed by atoms with E-state index in [9.17, 15) is 13.2 Å². The molecule has 0 saturated heterocycles. The van der Waals surface area contributed by atoms with Crippen molar-refractivity contribution >= 4 is 17.1 Å². The van der Waals surface area contributed by atoms with Crippen molar-refractivity contribution in [1.29, 1.82) is 0 Å². The van der Waals surface area contributed by atoms with Gasteiger partial charge in [-0.1, -0.05) is 19.9 Å². The second-order valence-electron chi connectivity index (χ2n) is 4.39. The SMILES string of the molecule is CC.Cc1ccc(Nc2c(N)c(C)cc(F)c2F)c(F)c1. The van der Waals surface area contributed by atoms with Crippen molar-refractivity contribution in [2.45, 2.75) is 27.7 Å². The molecule has 21 heavy (non-hydrogen) atoms. The molecule has 0 unspecified atom stereocenters. The molecule has 5 heteroatoms. The molecule has 2 rings (SSSR count). The van der Waals surface area contributed by atoms with Crippen LogP contribution >= 0.6 is 0 Å². The van der Waals surface area contributed by atoms with Gasteiger partial charge in [0.05, 0.1) is 11.4 Å². The van der Waals surface area contributed by atoms with E-state index in [4.69, 9.17) is 5.73 Å². The summed E-state index contributed by atoms with van der Waals surface area (Å²) >= 11 is 0. The molecule has 0 saturated carbocycles. The van der Waals surface area contributed by atoms with Gasteiger partial charge in [-0.3, -0.25) is 0 Å². The van der Waals surface area contributed by atoms with E-state index in [0.717, 1.165) is 11.6 Å². The largest absolute Gasteiger partial charge is 0.397 e. The van der Waals surface area contributed by atoms with Crippen molar-refractivity contribution in [3.05, 3.63) is 52.8 Å². The van der Waals surface area contributed by atoms with Gasteiger partial charge in [0.2, 0.25) is 0 Å². The molecular weight excluding hydrogens is 277 g/mol. The van der Waals surface area contributed by atoms with Crippen molar-refractivity contribution in [2.24, 2.45) is 0 Å². The van der Waals surface area contributed by atoms with E-state index in [-0.39, 0.29) is 17.1 Å². The maximum absolute atomic E-state index is 13.7. The van der Waals surface area contributed by atoms with Crippen molar-refractivity contribution in [1.82, 2.24) is 0 Å². The van der Waals surface area contributed by atoms with E-state index in [1.165, 1.54) is 12.1 Å². The lowest BCUT2D eigenvalue weighted by atomic mass is 10.1. The Morgan fingerprint density at radius 1 is 0.952 bits per heavy atom. The lowest BCUT2D eigenvalue weighted by Crippen LogP contribution is -2.05. The number of hydrogen-bond acceptors (Lipinski definition) is 2. The highest BCUT2D eigenvalue weighted by Gasteiger charge is 2.16. The number of aryl methyl sites for hydroxylation is 2. The van der Waals surface area contributed by atoms with Gasteiger partial charge >= 0.3 is 0 Å². The predicted molar refractivity (Wildman–Crippen MR) is 81.3 cm³/mol. The first kappa shape index (κ1) is 16.9. The quantitative estimate of drug-likeness (QED) is 0.759. The Balaban J connectivity index is 0.00000106. The Labute approximate surface area is 122 Å². The second kappa shape index (κ2) is 7.02. The van der Waals surface area contributed by atoms with Crippen LogP contribution in [0.5, 0.6) is 0 Å². The molecule has 0 bridgehead atoms. The molecule has 0 amide bonds. The fraction of sp³-hybridized carbons (Fsp3) is 0.250. The number of rotatable bonds is 2. The van der Waals surface area contributed by atoms with Gasteiger partial charge in [0.15, 0.2) is 11.6 Å². The van der Waals surface area contributed by atoms with Crippen molar-refractivity contribution in [3.63, 3.8) is 0 Å². The fourth-order valence-electron chi connectivity index (χ4n) is 1.74. The van der Waals surface area contributed by atoms with E-state index in [2.05, 4.69) is 5.32 Å². The molecule has 2 aromatic carbocycles. The Morgan fingerprint density at radius 2 is 1.57 bits per heavy atom. The van der Waals surface area contributed by atoms with Gasteiger partial charge in [-0.2, -0.15) is 0 Å². The lowest BCUT2D eigenvalue weighted by molar-refractivity contribution is 0.511. The van der Waals surface area contributed by atoms with Crippen LogP contribution in [-0.4, -0.2) is 0 Å². The molecule has 0 aliphatic heterocycles. The highest BCUT2D eigenvalue weighted by molar-refractivity contribution is 5.76. The maximum Gasteiger partial charge on any atom is 0.184 e. The van der Waals surface area contributed by atoms with E-state index >= 15 is 0 Å². The summed E-state index contributed by atoms with van der Waals surface area (Å²) in [5.74, 6) is -2.70. The number of nitrogens with two attached hydrogens (primary N) is 1. The van der Waals surface area contributed by atoms with Crippen LogP contribution in [0.25, 0.3) is 0 Å². The van der Waals surface area contributed by atoms with E-state index < -0.39 is 17.5 Å². The van der Waals surface area contributed by atoms with Crippen LogP contribution in [0.1, 0.15) is 25.0 Å². The Morgan fingerprint density at radius 3 is 2.14 bits per heavy atom. The Kier molecular flexibility index (Phi) is 5.64. The minimum Gasteiger partial charge on any atom is -0.397 e. The Hall–Kier alpha value is -2.17. The number of benzene rings is 2. The molecule has 0 aliphatic carbocycles. The molecule has 0 spiro atoms. The van der Waals surface area contributed by atoms with Crippen molar-refractivity contribution in [3.8, 4) is 0 Å². The number of hydrogen-bond donors (Lipinski definition) is 2. The first-order valence-corrected chi connectivity index (χ1v) is 6.67. The van der Waals surface area contributed by atoms with Crippen LogP contribution < -0.4 is 11.1 Å². The minimum atomic E-state index is -1.12. The molecule has 114 valence electrons. The predicted octanol–water partition coefficient (Wildman–Crippen LogP) is 5.07. The third-order valence-corrected chi connectivity index (χ3v) is 2.85. The summed E-state index contributed by atoms with van der Waals surface area (Å²) in [4.78, 5) is 0. The summed E-state index contributed by atoms with van der Waals surface area (Å²) in [6.45, 7) is 7.28. The number of nitrogens with one attached hydrogen (secondary N) is 1. The summed E-state index contributed by atoms with van der Waals surface area (Å²) in [5.41, 5.74) is 6.65. The first-order chi connectivity index (χ1) is 9.90. The minimum absolute atomic E-state index is 0.0428. The summed E-state index contributed by atoms with van der Waals surface area (Å²) < 4.78 is 40.7. The summed E-state index contributed by atoms with van der Waals surface area (Å²) in [7, 11) is 0. The summed E-state index contributed by atoms with van der Waals surface area (Å²) in [5, 5.41) is 2.50. The summed E-state index contributed by atoms with van der Waals surface area (Å²) in [6, 6.07) is 5.40. The topological polar surface area (TPSA) is 38.0 Å². The van der Waals surface area contributed by atoms with Gasteiger partial charge in [-0.05, 0) is 43.2 Å². The van der Waals surface area contributed by atoms with Crippen molar-refractivity contribution in [2.75, 3.05) is 11.1 Å². The molecule has 0 atom stereocenters. The normalized spacial score (nSPS) is 9.86. The Bertz CT molecular complexity index is 614. The van der Waals surface area contributed by atoms with Gasteiger partial charge < -0.3 is 11.1 Å². The molecule has 3 N–H and O–H groups in total. The van der Waals surface area contributed by atoms with Crippen LogP contribution in [-0.2, 0) is 0 Å². The lowest BCUT2D eigenvalue weighted by Gasteiger charge is -2.14. The maximum atomic E-state index is 13.7. The smallest absolute Gasteiger partial charge is 0.184 e. The van der Waals surface area contributed by atoms with Gasteiger partial charge in [-0.15, -0.1) is 0 Å². The average molecular weight is 296 g/mol. The van der Waals surface area contributed by atoms with Crippen LogP contribution in [0, 0.1) is 31.3 Å². The standard InChI is InChI=1S/C14H13F3N2.C2H6/c1-7-3-4-11(9(15)5-7)19-14-12(17)10(16)6-8(2)13(14)18;1-2/h3-6,19H,18H2,1-2H3;1-2H3. The van der Waals surface area contributed by atoms with Gasteiger partial charge in [0.1, 0.15) is 11.5 Å². The van der Waals surface area contributed by atoms with Gasteiger partial charge in [0.25, 0.3) is 0 Å². The molecule has 0 aromatic heterocycles. The average Bonchev–Trinajstić information content (AvgIpc) is 2.46. The van der Waals surface area contributed by atoms with Crippen LogP contribution in [0.2, 0.25) is 0 Å². The van der Waals surface area contributed by atoms with Crippen LogP contribution in [0.3, 0.4) is 0 Å². The third kappa shape index (κ3) is 3.68. The fourth-order valence-corrected chi connectivity index (χ4v) is 1.74. The monoisotopic (exact) mass is 296 g/mol. The van der Waals surface area contributed by atoms with Crippen LogP contribution in [0.15, 0.2) is 24.3 Å². The second-order valence-corrected chi connectivity index (χ2v) is 4.39. The highest BCUT2D eigenvalue weighted by Crippen LogP contribution is 2.32.